The number of pyridine rings is 1. The topological polar surface area (TPSA) is 67.8 Å². The van der Waals surface area contributed by atoms with Crippen molar-refractivity contribution in [1.82, 2.24) is 15.6 Å². The number of aliphatic imine (C=N–C) groups is 1. The lowest BCUT2D eigenvalue weighted by Crippen LogP contribution is -2.43. The van der Waals surface area contributed by atoms with Crippen LogP contribution in [0.5, 0.6) is 5.88 Å². The Morgan fingerprint density at radius 2 is 2.00 bits per heavy atom. The number of aromatic nitrogens is 1. The summed E-state index contributed by atoms with van der Waals surface area (Å²) in [5.74, 6) is 0.604. The zero-order valence-corrected chi connectivity index (χ0v) is 19.9. The molecule has 1 aromatic rings. The Morgan fingerprint density at radius 1 is 1.27 bits per heavy atom. The van der Waals surface area contributed by atoms with Crippen LogP contribution in [-0.2, 0) is 11.3 Å². The van der Waals surface area contributed by atoms with Gasteiger partial charge in [0.15, 0.2) is 12.6 Å². The van der Waals surface area contributed by atoms with Gasteiger partial charge in [0.25, 0.3) is 0 Å². The molecular formula is C20H32F3IN4O2. The van der Waals surface area contributed by atoms with Crippen LogP contribution >= 0.6 is 24.0 Å². The number of hydrogen-bond donors (Lipinski definition) is 2. The minimum Gasteiger partial charge on any atom is -0.468 e. The van der Waals surface area contributed by atoms with Gasteiger partial charge in [0.05, 0.1) is 0 Å². The predicted octanol–water partition coefficient (Wildman–Crippen LogP) is 4.29. The van der Waals surface area contributed by atoms with Crippen LogP contribution in [0.4, 0.5) is 13.2 Å². The minimum atomic E-state index is -4.39. The van der Waals surface area contributed by atoms with Crippen LogP contribution in [0.2, 0.25) is 0 Å². The van der Waals surface area contributed by atoms with Crippen molar-refractivity contribution < 1.29 is 22.6 Å². The maximum absolute atomic E-state index is 12.3. The van der Waals surface area contributed by atoms with Crippen molar-refractivity contribution in [3.63, 3.8) is 0 Å². The van der Waals surface area contributed by atoms with Crippen LogP contribution in [-0.4, -0.2) is 50.5 Å². The molecule has 10 heteroatoms. The quantitative estimate of drug-likeness (QED) is 0.199. The molecule has 1 fully saturated rings. The second-order valence-electron chi connectivity index (χ2n) is 7.34. The van der Waals surface area contributed by atoms with Crippen molar-refractivity contribution in [3.8, 4) is 5.88 Å². The van der Waals surface area contributed by atoms with Gasteiger partial charge in [0, 0.05) is 45.6 Å². The zero-order chi connectivity index (χ0) is 21.2. The molecule has 0 bridgehead atoms. The monoisotopic (exact) mass is 544 g/mol. The van der Waals surface area contributed by atoms with Gasteiger partial charge in [0.1, 0.15) is 0 Å². The molecule has 0 atom stereocenters. The third-order valence-corrected chi connectivity index (χ3v) is 5.14. The van der Waals surface area contributed by atoms with Crippen LogP contribution in [0.25, 0.3) is 0 Å². The summed E-state index contributed by atoms with van der Waals surface area (Å²) < 4.78 is 47.1. The van der Waals surface area contributed by atoms with Crippen molar-refractivity contribution in [1.29, 1.82) is 0 Å². The molecule has 0 saturated heterocycles. The van der Waals surface area contributed by atoms with E-state index in [4.69, 9.17) is 9.47 Å². The number of guanidine groups is 1. The Balaban J connectivity index is 0.00000450. The van der Waals surface area contributed by atoms with Crippen LogP contribution in [0.15, 0.2) is 23.3 Å². The van der Waals surface area contributed by atoms with Gasteiger partial charge in [0.2, 0.25) is 5.88 Å². The first-order valence-electron chi connectivity index (χ1n) is 10.0. The molecule has 0 aliphatic heterocycles. The summed E-state index contributed by atoms with van der Waals surface area (Å²) in [5.41, 5.74) is 0.981. The first-order chi connectivity index (χ1) is 13.9. The average molecular weight is 544 g/mol. The maximum Gasteiger partial charge on any atom is 0.422 e. The van der Waals surface area contributed by atoms with Crippen molar-refractivity contribution in [2.75, 3.05) is 33.4 Å². The van der Waals surface area contributed by atoms with E-state index in [1.807, 2.05) is 6.92 Å². The molecular weight excluding hydrogens is 512 g/mol. The van der Waals surface area contributed by atoms with Crippen LogP contribution in [0.1, 0.15) is 44.6 Å². The Hall–Kier alpha value is -1.30. The van der Waals surface area contributed by atoms with Gasteiger partial charge in [-0.25, -0.2) is 4.98 Å². The molecule has 1 aliphatic carbocycles. The van der Waals surface area contributed by atoms with Gasteiger partial charge in [-0.05, 0) is 43.2 Å². The largest absolute Gasteiger partial charge is 0.468 e. The van der Waals surface area contributed by atoms with Gasteiger partial charge in [-0.1, -0.05) is 12.8 Å². The smallest absolute Gasteiger partial charge is 0.422 e. The normalized spacial score (nSPS) is 16.1. The predicted molar refractivity (Wildman–Crippen MR) is 121 cm³/mol. The van der Waals surface area contributed by atoms with Crippen molar-refractivity contribution in [3.05, 3.63) is 23.9 Å². The van der Waals surface area contributed by atoms with E-state index in [0.717, 1.165) is 31.7 Å². The lowest BCUT2D eigenvalue weighted by molar-refractivity contribution is -0.154. The maximum atomic E-state index is 12.3. The van der Waals surface area contributed by atoms with Gasteiger partial charge in [-0.15, -0.1) is 24.0 Å². The molecule has 6 nitrogen and oxygen atoms in total. The molecule has 0 spiro atoms. The Bertz CT molecular complexity index is 653. The number of nitrogens with one attached hydrogen (secondary N) is 2. The SMILES string of the molecule is CCOCCC1(CNC(=NC)NCc2ccnc(OCC(F)(F)F)c2)CCCC1.I. The molecule has 1 heterocycles. The highest BCUT2D eigenvalue weighted by Crippen LogP contribution is 2.40. The van der Waals surface area contributed by atoms with E-state index in [9.17, 15) is 13.2 Å². The highest BCUT2D eigenvalue weighted by atomic mass is 127. The highest BCUT2D eigenvalue weighted by molar-refractivity contribution is 14.0. The summed E-state index contributed by atoms with van der Waals surface area (Å²) in [6.07, 6.45) is 2.88. The summed E-state index contributed by atoms with van der Waals surface area (Å²) in [6.45, 7) is 3.36. The molecule has 2 rings (SSSR count). The Morgan fingerprint density at radius 3 is 2.63 bits per heavy atom. The lowest BCUT2D eigenvalue weighted by atomic mass is 9.83. The van der Waals surface area contributed by atoms with Crippen LogP contribution < -0.4 is 15.4 Å². The molecule has 0 amide bonds. The fourth-order valence-corrected chi connectivity index (χ4v) is 3.55. The van der Waals surface area contributed by atoms with E-state index < -0.39 is 12.8 Å². The second-order valence-corrected chi connectivity index (χ2v) is 7.34. The summed E-state index contributed by atoms with van der Waals surface area (Å²) in [6, 6.07) is 3.22. The van der Waals surface area contributed by atoms with E-state index in [0.29, 0.717) is 12.5 Å². The zero-order valence-electron chi connectivity index (χ0n) is 17.6. The number of halogens is 4. The molecule has 1 saturated carbocycles. The van der Waals surface area contributed by atoms with Gasteiger partial charge < -0.3 is 20.1 Å². The first-order valence-corrected chi connectivity index (χ1v) is 10.0. The van der Waals surface area contributed by atoms with E-state index in [1.54, 1.807) is 13.1 Å². The third kappa shape index (κ3) is 9.67. The molecule has 0 unspecified atom stereocenters. The number of ether oxygens (including phenoxy) is 2. The molecule has 0 radical (unpaired) electrons. The standard InChI is InChI=1S/C20H31F3N4O2.HI/c1-3-28-11-9-19(7-4-5-8-19)14-27-18(24-2)26-13-16-6-10-25-17(12-16)29-15-20(21,22)23;/h6,10,12H,3-5,7-9,11,13-15H2,1-2H3,(H2,24,26,27);1H. The first kappa shape index (κ1) is 26.7. The van der Waals surface area contributed by atoms with Crippen molar-refractivity contribution in [2.45, 2.75) is 51.7 Å². The lowest BCUT2D eigenvalue weighted by Gasteiger charge is -2.30. The van der Waals surface area contributed by atoms with E-state index in [1.165, 1.54) is 37.9 Å². The highest BCUT2D eigenvalue weighted by Gasteiger charge is 2.33. The Kier molecular flexibility index (Phi) is 11.7. The molecule has 172 valence electrons. The second kappa shape index (κ2) is 13.2. The van der Waals surface area contributed by atoms with Gasteiger partial charge >= 0.3 is 6.18 Å². The van der Waals surface area contributed by atoms with Gasteiger partial charge in [-0.3, -0.25) is 4.99 Å². The Labute approximate surface area is 193 Å². The van der Waals surface area contributed by atoms with Crippen LogP contribution in [0, 0.1) is 5.41 Å². The summed E-state index contributed by atoms with van der Waals surface area (Å²) in [5, 5.41) is 6.59. The fourth-order valence-electron chi connectivity index (χ4n) is 3.55. The average Bonchev–Trinajstić information content (AvgIpc) is 3.16. The van der Waals surface area contributed by atoms with Gasteiger partial charge in [-0.2, -0.15) is 13.2 Å². The summed E-state index contributed by atoms with van der Waals surface area (Å²) >= 11 is 0. The van der Waals surface area contributed by atoms with E-state index >= 15 is 0 Å². The molecule has 30 heavy (non-hydrogen) atoms. The minimum absolute atomic E-state index is 0. The van der Waals surface area contributed by atoms with E-state index in [2.05, 4.69) is 20.6 Å². The van der Waals surface area contributed by atoms with Crippen molar-refractivity contribution in [2.24, 2.45) is 10.4 Å². The number of nitrogens with zero attached hydrogens (tertiary/aromatic N) is 2. The summed E-state index contributed by atoms with van der Waals surface area (Å²) in [4.78, 5) is 8.07. The number of rotatable bonds is 10. The number of alkyl halides is 3. The summed E-state index contributed by atoms with van der Waals surface area (Å²) in [7, 11) is 1.70. The number of hydrogen-bond acceptors (Lipinski definition) is 4. The van der Waals surface area contributed by atoms with Crippen molar-refractivity contribution >= 4 is 29.9 Å². The third-order valence-electron chi connectivity index (χ3n) is 5.14. The molecule has 1 aliphatic rings. The molecule has 2 N–H and O–H groups in total. The molecule has 0 aromatic carbocycles. The van der Waals surface area contributed by atoms with E-state index in [-0.39, 0.29) is 35.3 Å². The molecule has 1 aromatic heterocycles. The fraction of sp³-hybridized carbons (Fsp3) is 0.700. The van der Waals surface area contributed by atoms with Crippen LogP contribution in [0.3, 0.4) is 0 Å².